The van der Waals surface area contributed by atoms with Crippen molar-refractivity contribution in [3.63, 3.8) is 0 Å². The summed E-state index contributed by atoms with van der Waals surface area (Å²) in [4.78, 5) is 25.8. The molecule has 1 rings (SSSR count). The average Bonchev–Trinajstić information content (AvgIpc) is 2.37. The molecular weight excluding hydrogens is 280 g/mol. The Hall–Kier alpha value is -2.04. The molecule has 0 radical (unpaired) electrons. The van der Waals surface area contributed by atoms with E-state index in [-0.39, 0.29) is 23.6 Å². The van der Waals surface area contributed by atoms with Crippen LogP contribution in [-0.2, 0) is 4.79 Å². The van der Waals surface area contributed by atoms with Gasteiger partial charge in [0.25, 0.3) is 11.8 Å². The minimum Gasteiger partial charge on any atom is -0.480 e. The second kappa shape index (κ2) is 7.29. The molecule has 0 saturated heterocycles. The van der Waals surface area contributed by atoms with E-state index in [0.717, 1.165) is 5.56 Å². The van der Waals surface area contributed by atoms with E-state index in [2.05, 4.69) is 0 Å². The van der Waals surface area contributed by atoms with E-state index in [1.54, 1.807) is 30.0 Å². The smallest absolute Gasteiger partial charge is 0.263 e. The van der Waals surface area contributed by atoms with Crippen LogP contribution in [0.3, 0.4) is 0 Å². The maximum absolute atomic E-state index is 12.6. The van der Waals surface area contributed by atoms with Gasteiger partial charge in [0.1, 0.15) is 5.75 Å². The molecular formula is C17H26N2O3. The van der Waals surface area contributed by atoms with Crippen LogP contribution in [0.2, 0.25) is 0 Å². The zero-order valence-electron chi connectivity index (χ0n) is 14.2. The minimum absolute atomic E-state index is 0.0756. The molecule has 1 unspecified atom stereocenters. The van der Waals surface area contributed by atoms with Gasteiger partial charge in [0.15, 0.2) is 6.10 Å². The quantitative estimate of drug-likeness (QED) is 0.877. The molecule has 2 N–H and O–H groups in total. The lowest BCUT2D eigenvalue weighted by Crippen LogP contribution is -2.48. The zero-order chi connectivity index (χ0) is 17.0. The Bertz CT molecular complexity index is 545. The van der Waals surface area contributed by atoms with E-state index < -0.39 is 12.0 Å². The molecule has 1 aromatic rings. The van der Waals surface area contributed by atoms with Gasteiger partial charge in [-0.2, -0.15) is 0 Å². The molecule has 1 aromatic carbocycles. The second-order valence-corrected chi connectivity index (χ2v) is 6.06. The van der Waals surface area contributed by atoms with Gasteiger partial charge in [0, 0.05) is 12.1 Å². The molecule has 0 saturated carbocycles. The number of carbonyl (C=O) groups excluding carboxylic acids is 2. The third-order valence-corrected chi connectivity index (χ3v) is 3.42. The van der Waals surface area contributed by atoms with E-state index in [1.807, 2.05) is 34.6 Å². The summed E-state index contributed by atoms with van der Waals surface area (Å²) in [5.74, 6) is -0.332. The number of nitrogens with two attached hydrogens (primary N) is 1. The molecule has 2 amide bonds. The molecule has 1 atom stereocenters. The number of carbonyl (C=O) groups is 2. The first-order chi connectivity index (χ1) is 10.1. The fraction of sp³-hybridized carbons (Fsp3) is 0.529. The fourth-order valence-electron chi connectivity index (χ4n) is 2.49. The Labute approximate surface area is 132 Å². The van der Waals surface area contributed by atoms with Crippen molar-refractivity contribution in [3.05, 3.63) is 29.3 Å². The first kappa shape index (κ1) is 18.0. The van der Waals surface area contributed by atoms with Gasteiger partial charge in [-0.15, -0.1) is 0 Å². The summed E-state index contributed by atoms with van der Waals surface area (Å²) in [6.07, 6.45) is -0.690. The molecule has 0 aliphatic heterocycles. The highest BCUT2D eigenvalue weighted by atomic mass is 16.5. The molecule has 0 spiro atoms. The molecule has 0 bridgehead atoms. The Morgan fingerprint density at radius 1 is 1.09 bits per heavy atom. The summed E-state index contributed by atoms with van der Waals surface area (Å²) in [5.41, 5.74) is 6.58. The Morgan fingerprint density at radius 2 is 1.64 bits per heavy atom. The van der Waals surface area contributed by atoms with Crippen LogP contribution >= 0.6 is 0 Å². The SMILES string of the molecule is Cc1ccc(C(N)=O)c(OC(C)C(=O)N(C(C)C)C(C)C)c1. The minimum atomic E-state index is -0.690. The largest absolute Gasteiger partial charge is 0.480 e. The number of benzene rings is 1. The van der Waals surface area contributed by atoms with Crippen LogP contribution in [0.25, 0.3) is 0 Å². The van der Waals surface area contributed by atoms with Gasteiger partial charge >= 0.3 is 0 Å². The number of amides is 2. The summed E-state index contributed by atoms with van der Waals surface area (Å²) in [6, 6.07) is 5.28. The molecule has 0 heterocycles. The summed E-state index contributed by atoms with van der Waals surface area (Å²) in [7, 11) is 0. The van der Waals surface area contributed by atoms with Gasteiger partial charge in [-0.25, -0.2) is 0 Å². The second-order valence-electron chi connectivity index (χ2n) is 6.06. The van der Waals surface area contributed by atoms with E-state index in [9.17, 15) is 9.59 Å². The molecule has 5 nitrogen and oxygen atoms in total. The van der Waals surface area contributed by atoms with Crippen LogP contribution in [0.1, 0.15) is 50.5 Å². The Morgan fingerprint density at radius 3 is 2.09 bits per heavy atom. The topological polar surface area (TPSA) is 72.6 Å². The molecule has 5 heteroatoms. The molecule has 122 valence electrons. The predicted octanol–water partition coefficient (Wildman–Crippen LogP) is 2.51. The summed E-state index contributed by atoms with van der Waals surface area (Å²) >= 11 is 0. The summed E-state index contributed by atoms with van der Waals surface area (Å²) in [5, 5.41) is 0. The number of hydrogen-bond acceptors (Lipinski definition) is 3. The van der Waals surface area contributed by atoms with Gasteiger partial charge in [0.2, 0.25) is 0 Å². The van der Waals surface area contributed by atoms with Crippen LogP contribution in [0, 0.1) is 6.92 Å². The summed E-state index contributed by atoms with van der Waals surface area (Å²) < 4.78 is 5.74. The van der Waals surface area contributed by atoms with Crippen molar-refractivity contribution in [1.82, 2.24) is 4.90 Å². The highest BCUT2D eigenvalue weighted by Gasteiger charge is 2.27. The van der Waals surface area contributed by atoms with Gasteiger partial charge < -0.3 is 15.4 Å². The van der Waals surface area contributed by atoms with Crippen LogP contribution in [-0.4, -0.2) is 34.9 Å². The average molecular weight is 306 g/mol. The maximum Gasteiger partial charge on any atom is 0.263 e. The van der Waals surface area contributed by atoms with E-state index in [0.29, 0.717) is 5.75 Å². The number of rotatable bonds is 6. The van der Waals surface area contributed by atoms with Crippen molar-refractivity contribution in [1.29, 1.82) is 0 Å². The lowest BCUT2D eigenvalue weighted by molar-refractivity contribution is -0.141. The maximum atomic E-state index is 12.6. The van der Waals surface area contributed by atoms with Crippen LogP contribution in [0.15, 0.2) is 18.2 Å². The number of hydrogen-bond donors (Lipinski definition) is 1. The van der Waals surface area contributed by atoms with Crippen molar-refractivity contribution >= 4 is 11.8 Å². The van der Waals surface area contributed by atoms with Gasteiger partial charge in [-0.1, -0.05) is 6.07 Å². The van der Waals surface area contributed by atoms with E-state index in [4.69, 9.17) is 10.5 Å². The number of aryl methyl sites for hydroxylation is 1. The number of ether oxygens (including phenoxy) is 1. The first-order valence-corrected chi connectivity index (χ1v) is 7.54. The highest BCUT2D eigenvalue weighted by Crippen LogP contribution is 2.22. The van der Waals surface area contributed by atoms with Crippen molar-refractivity contribution in [2.75, 3.05) is 0 Å². The van der Waals surface area contributed by atoms with Gasteiger partial charge in [-0.3, -0.25) is 9.59 Å². The summed E-state index contributed by atoms with van der Waals surface area (Å²) in [6.45, 7) is 11.4. The number of primary amides is 1. The van der Waals surface area contributed by atoms with Crippen molar-refractivity contribution in [3.8, 4) is 5.75 Å². The fourth-order valence-corrected chi connectivity index (χ4v) is 2.49. The van der Waals surface area contributed by atoms with Crippen LogP contribution < -0.4 is 10.5 Å². The number of nitrogens with zero attached hydrogens (tertiary/aromatic N) is 1. The van der Waals surface area contributed by atoms with Gasteiger partial charge in [-0.05, 0) is 59.2 Å². The lowest BCUT2D eigenvalue weighted by Gasteiger charge is -2.33. The molecule has 0 aliphatic carbocycles. The lowest BCUT2D eigenvalue weighted by atomic mass is 10.1. The van der Waals surface area contributed by atoms with Crippen molar-refractivity contribution in [2.45, 2.75) is 59.7 Å². The van der Waals surface area contributed by atoms with Crippen molar-refractivity contribution in [2.24, 2.45) is 5.73 Å². The Kier molecular flexibility index (Phi) is 5.97. The van der Waals surface area contributed by atoms with E-state index in [1.165, 1.54) is 0 Å². The van der Waals surface area contributed by atoms with E-state index >= 15 is 0 Å². The molecule has 0 fully saturated rings. The molecule has 0 aromatic heterocycles. The first-order valence-electron chi connectivity index (χ1n) is 7.54. The van der Waals surface area contributed by atoms with Crippen LogP contribution in [0.5, 0.6) is 5.75 Å². The van der Waals surface area contributed by atoms with Crippen molar-refractivity contribution < 1.29 is 14.3 Å². The molecule has 0 aliphatic rings. The highest BCUT2D eigenvalue weighted by molar-refractivity contribution is 5.96. The zero-order valence-corrected chi connectivity index (χ0v) is 14.2. The standard InChI is InChI=1S/C17H26N2O3/c1-10(2)19(11(3)4)17(21)13(6)22-15-9-12(5)7-8-14(15)16(18)20/h7-11,13H,1-6H3,(H2,18,20). The molecule has 22 heavy (non-hydrogen) atoms. The Balaban J connectivity index is 3.01. The predicted molar refractivity (Wildman–Crippen MR) is 86.9 cm³/mol. The monoisotopic (exact) mass is 306 g/mol. The van der Waals surface area contributed by atoms with Gasteiger partial charge in [0.05, 0.1) is 5.56 Å². The third kappa shape index (κ3) is 4.23. The third-order valence-electron chi connectivity index (χ3n) is 3.42. The van der Waals surface area contributed by atoms with Crippen LogP contribution in [0.4, 0.5) is 0 Å². The normalized spacial score (nSPS) is 12.4.